The van der Waals surface area contributed by atoms with E-state index in [1.807, 2.05) is 20.8 Å². The van der Waals surface area contributed by atoms with Crippen LogP contribution in [0.5, 0.6) is 0 Å². The first-order valence-corrected chi connectivity index (χ1v) is 9.01. The number of amides is 1. The van der Waals surface area contributed by atoms with Crippen LogP contribution in [0, 0.1) is 5.41 Å². The molecule has 3 heterocycles. The van der Waals surface area contributed by atoms with Crippen molar-refractivity contribution in [3.8, 4) is 0 Å². The molecule has 0 bridgehead atoms. The van der Waals surface area contributed by atoms with Crippen LogP contribution in [0.25, 0.3) is 10.2 Å². The number of carbonyl (C=O) groups is 1. The van der Waals surface area contributed by atoms with Crippen molar-refractivity contribution in [1.29, 1.82) is 0 Å². The average molecular weight is 418 g/mol. The number of hydrogen-bond acceptors (Lipinski definition) is 4. The van der Waals surface area contributed by atoms with Gasteiger partial charge >= 0.3 is 6.09 Å². The van der Waals surface area contributed by atoms with Crippen molar-refractivity contribution in [2.24, 2.45) is 5.41 Å². The molecule has 2 aromatic heterocycles. The van der Waals surface area contributed by atoms with Crippen LogP contribution in [0.3, 0.4) is 0 Å². The van der Waals surface area contributed by atoms with Crippen LogP contribution >= 0.6 is 27.3 Å². The number of halogens is 2. The van der Waals surface area contributed by atoms with Crippen molar-refractivity contribution in [3.05, 3.63) is 26.0 Å². The lowest BCUT2D eigenvalue weighted by Gasteiger charge is -2.45. The Morgan fingerprint density at radius 3 is 2.83 bits per heavy atom. The number of fused-ring (bicyclic) bond motifs is 1. The topological polar surface area (TPSA) is 86.3 Å². The van der Waals surface area contributed by atoms with Gasteiger partial charge in [0.2, 0.25) is 0 Å². The Bertz CT molecular complexity index is 875. The molecular formula is C15H17BrFN3O3S. The van der Waals surface area contributed by atoms with Gasteiger partial charge in [-0.3, -0.25) is 9.69 Å². The van der Waals surface area contributed by atoms with Gasteiger partial charge in [0.15, 0.2) is 0 Å². The van der Waals surface area contributed by atoms with Gasteiger partial charge < -0.3 is 10.1 Å². The van der Waals surface area contributed by atoms with Crippen LogP contribution in [-0.4, -0.2) is 38.8 Å². The highest BCUT2D eigenvalue weighted by molar-refractivity contribution is 9.11. The van der Waals surface area contributed by atoms with Gasteiger partial charge in [-0.2, -0.15) is 0 Å². The van der Waals surface area contributed by atoms with Gasteiger partial charge in [0.1, 0.15) is 22.2 Å². The maximum absolute atomic E-state index is 14.2. The molecule has 0 aliphatic carbocycles. The van der Waals surface area contributed by atoms with Gasteiger partial charge in [0.25, 0.3) is 5.56 Å². The van der Waals surface area contributed by atoms with Crippen molar-refractivity contribution in [1.82, 2.24) is 14.9 Å². The number of nitrogens with zero attached hydrogens (tertiary/aromatic N) is 2. The summed E-state index contributed by atoms with van der Waals surface area (Å²) in [5.41, 5.74) is -1.77. The van der Waals surface area contributed by atoms with Gasteiger partial charge in [0, 0.05) is 6.42 Å². The minimum absolute atomic E-state index is 0.0391. The lowest BCUT2D eigenvalue weighted by Crippen LogP contribution is -2.54. The molecule has 2 atom stereocenters. The van der Waals surface area contributed by atoms with Crippen molar-refractivity contribution >= 4 is 43.6 Å². The summed E-state index contributed by atoms with van der Waals surface area (Å²) < 4.78 is 15.4. The van der Waals surface area contributed by atoms with Crippen molar-refractivity contribution < 1.29 is 14.3 Å². The number of nitrogens with one attached hydrogen (secondary N) is 1. The van der Waals surface area contributed by atoms with Gasteiger partial charge in [-0.1, -0.05) is 20.8 Å². The SMILES string of the molecule is CC(C)(C)[C@]1(c2nc3cc(Br)sc3c(=O)[nH]2)C[C@@H](F)CN1C(=O)O. The molecule has 0 aromatic carbocycles. The molecule has 6 nitrogen and oxygen atoms in total. The maximum Gasteiger partial charge on any atom is 0.408 e. The summed E-state index contributed by atoms with van der Waals surface area (Å²) in [6.07, 6.45) is -2.57. The molecule has 1 fully saturated rings. The second-order valence-electron chi connectivity index (χ2n) is 6.98. The van der Waals surface area contributed by atoms with E-state index in [2.05, 4.69) is 25.9 Å². The van der Waals surface area contributed by atoms with Crippen LogP contribution in [0.15, 0.2) is 14.6 Å². The van der Waals surface area contributed by atoms with Crippen LogP contribution in [0.2, 0.25) is 0 Å². The summed E-state index contributed by atoms with van der Waals surface area (Å²) in [5, 5.41) is 9.61. The fourth-order valence-corrected chi connectivity index (χ4v) is 4.91. The predicted molar refractivity (Wildman–Crippen MR) is 93.3 cm³/mol. The van der Waals surface area contributed by atoms with Crippen molar-refractivity contribution in [2.45, 2.75) is 38.9 Å². The largest absolute Gasteiger partial charge is 0.465 e. The van der Waals surface area contributed by atoms with E-state index < -0.39 is 23.2 Å². The average Bonchev–Trinajstić information content (AvgIpc) is 2.98. The Morgan fingerprint density at radius 2 is 2.25 bits per heavy atom. The molecule has 9 heteroatoms. The van der Waals surface area contributed by atoms with Gasteiger partial charge in [-0.25, -0.2) is 14.2 Å². The van der Waals surface area contributed by atoms with Gasteiger partial charge in [0.05, 0.1) is 15.8 Å². The van der Waals surface area contributed by atoms with E-state index in [1.165, 1.54) is 11.3 Å². The van der Waals surface area contributed by atoms with E-state index in [1.54, 1.807) is 6.07 Å². The van der Waals surface area contributed by atoms with Crippen molar-refractivity contribution in [3.63, 3.8) is 0 Å². The number of likely N-dealkylation sites (tertiary alicyclic amines) is 1. The molecule has 1 amide bonds. The Balaban J connectivity index is 2.32. The molecule has 0 spiro atoms. The zero-order chi connectivity index (χ0) is 17.9. The van der Waals surface area contributed by atoms with E-state index in [-0.39, 0.29) is 24.3 Å². The van der Waals surface area contributed by atoms with Crippen molar-refractivity contribution in [2.75, 3.05) is 6.54 Å². The second-order valence-corrected chi connectivity index (χ2v) is 9.42. The minimum atomic E-state index is -1.31. The molecule has 0 radical (unpaired) electrons. The number of H-pyrrole nitrogens is 1. The fourth-order valence-electron chi connectivity index (χ4n) is 3.49. The predicted octanol–water partition coefficient (Wildman–Crippen LogP) is 3.71. The molecular weight excluding hydrogens is 401 g/mol. The number of rotatable bonds is 1. The number of alkyl halides is 1. The second kappa shape index (κ2) is 5.52. The molecule has 2 N–H and O–H groups in total. The van der Waals surface area contributed by atoms with E-state index in [4.69, 9.17) is 0 Å². The molecule has 24 heavy (non-hydrogen) atoms. The first-order chi connectivity index (χ1) is 11.1. The summed E-state index contributed by atoms with van der Waals surface area (Å²) >= 11 is 4.58. The normalized spacial score (nSPS) is 24.7. The van der Waals surface area contributed by atoms with Crippen LogP contribution < -0.4 is 5.56 Å². The zero-order valence-corrected chi connectivity index (χ0v) is 15.8. The maximum atomic E-state index is 14.2. The quantitative estimate of drug-likeness (QED) is 0.740. The third-order valence-electron chi connectivity index (χ3n) is 4.57. The first-order valence-electron chi connectivity index (χ1n) is 7.41. The third-order valence-corrected chi connectivity index (χ3v) is 6.20. The third kappa shape index (κ3) is 2.45. The Kier molecular flexibility index (Phi) is 3.99. The molecule has 1 saturated heterocycles. The number of hydrogen-bond donors (Lipinski definition) is 2. The smallest absolute Gasteiger partial charge is 0.408 e. The first kappa shape index (κ1) is 17.3. The monoisotopic (exact) mass is 417 g/mol. The van der Waals surface area contributed by atoms with Crippen LogP contribution in [-0.2, 0) is 5.54 Å². The summed E-state index contributed by atoms with van der Waals surface area (Å²) in [7, 11) is 0. The van der Waals surface area contributed by atoms with Crippen LogP contribution in [0.4, 0.5) is 9.18 Å². The fraction of sp³-hybridized carbons (Fsp3) is 0.533. The summed E-state index contributed by atoms with van der Waals surface area (Å²) in [5.74, 6) is 0.195. The van der Waals surface area contributed by atoms with E-state index in [0.717, 1.165) is 8.69 Å². The highest BCUT2D eigenvalue weighted by Gasteiger charge is 2.58. The molecule has 1 aliphatic heterocycles. The number of carboxylic acid groups (broad SMARTS) is 1. The highest BCUT2D eigenvalue weighted by atomic mass is 79.9. The van der Waals surface area contributed by atoms with Gasteiger partial charge in [-0.05, 0) is 27.4 Å². The van der Waals surface area contributed by atoms with Crippen LogP contribution in [0.1, 0.15) is 33.0 Å². The number of aromatic nitrogens is 2. The summed E-state index contributed by atoms with van der Waals surface area (Å²) in [6.45, 7) is 5.25. The van der Waals surface area contributed by atoms with E-state index >= 15 is 0 Å². The molecule has 0 saturated carbocycles. The highest BCUT2D eigenvalue weighted by Crippen LogP contribution is 2.50. The van der Waals surface area contributed by atoms with Gasteiger partial charge in [-0.15, -0.1) is 11.3 Å². The zero-order valence-electron chi connectivity index (χ0n) is 13.4. The Morgan fingerprint density at radius 1 is 1.58 bits per heavy atom. The van der Waals surface area contributed by atoms with E-state index in [0.29, 0.717) is 10.2 Å². The molecule has 0 unspecified atom stereocenters. The summed E-state index contributed by atoms with van der Waals surface area (Å²) in [4.78, 5) is 32.5. The molecule has 130 valence electrons. The molecule has 1 aliphatic rings. The molecule has 3 rings (SSSR count). The standard InChI is InChI=1S/C15H17BrFN3O3S/c1-14(2,3)15(5-7(17)6-20(15)13(22)23)12-18-8-4-9(16)24-10(8)11(21)19-12/h4,7H,5-6H2,1-3H3,(H,22,23)(H,18,19,21)/t7-,15-/m1/s1. The summed E-state index contributed by atoms with van der Waals surface area (Å²) in [6, 6.07) is 1.71. The number of thiophene rings is 1. The lowest BCUT2D eigenvalue weighted by atomic mass is 9.71. The molecule has 2 aromatic rings. The van der Waals surface area contributed by atoms with E-state index in [9.17, 15) is 19.1 Å². The number of aromatic amines is 1. The Hall–Kier alpha value is -1.48. The minimum Gasteiger partial charge on any atom is -0.465 e. The lowest BCUT2D eigenvalue weighted by molar-refractivity contribution is 0.0209. The Labute approximate surface area is 149 Å².